The molecule has 1 aliphatic carbocycles. The van der Waals surface area contributed by atoms with Crippen LogP contribution in [-0.2, 0) is 4.79 Å². The molecule has 0 aliphatic heterocycles. The summed E-state index contributed by atoms with van der Waals surface area (Å²) < 4.78 is 1.11. The van der Waals surface area contributed by atoms with Gasteiger partial charge in [0.1, 0.15) is 0 Å². The fraction of sp³-hybridized carbons (Fsp3) is 0.273. The normalized spacial score (nSPS) is 15.5. The van der Waals surface area contributed by atoms with Crippen molar-refractivity contribution >= 4 is 32.6 Å². The van der Waals surface area contributed by atoms with Gasteiger partial charge in [-0.3, -0.25) is 4.79 Å². The highest BCUT2D eigenvalue weighted by Gasteiger charge is 2.30. The molecule has 0 atom stereocenters. The maximum Gasteiger partial charge on any atom is 0.229 e. The molecule has 1 amide bonds. The minimum atomic E-state index is 0.119. The summed E-state index contributed by atoms with van der Waals surface area (Å²) in [6.07, 6.45) is 2.05. The molecule has 3 nitrogen and oxygen atoms in total. The molecule has 15 heavy (non-hydrogen) atoms. The number of anilines is 1. The standard InChI is InChI=1S/C11H10N2OS/c14-10(7-5-6-7)13-11-12-8-3-1-2-4-9(8)15-11/h1-4,7H,5-6H2,(H,12,13,14). The number of benzene rings is 1. The first kappa shape index (κ1) is 8.85. The summed E-state index contributed by atoms with van der Waals surface area (Å²) in [5, 5.41) is 3.58. The van der Waals surface area contributed by atoms with Crippen molar-refractivity contribution in [2.45, 2.75) is 12.8 Å². The predicted octanol–water partition coefficient (Wildman–Crippen LogP) is 2.64. The zero-order chi connectivity index (χ0) is 10.3. The SMILES string of the molecule is O=C(Nc1nc2ccccc2s1)C1CC1. The Morgan fingerprint density at radius 2 is 2.20 bits per heavy atom. The number of thiazole rings is 1. The van der Waals surface area contributed by atoms with E-state index >= 15 is 0 Å². The zero-order valence-electron chi connectivity index (χ0n) is 8.06. The molecular weight excluding hydrogens is 208 g/mol. The molecule has 0 radical (unpaired) electrons. The second-order valence-electron chi connectivity index (χ2n) is 3.75. The van der Waals surface area contributed by atoms with E-state index in [1.807, 2.05) is 24.3 Å². The zero-order valence-corrected chi connectivity index (χ0v) is 8.88. The summed E-state index contributed by atoms with van der Waals surface area (Å²) in [6, 6.07) is 7.90. The second-order valence-corrected chi connectivity index (χ2v) is 4.78. The third kappa shape index (κ3) is 1.72. The molecule has 76 valence electrons. The van der Waals surface area contributed by atoms with Gasteiger partial charge in [0.05, 0.1) is 10.2 Å². The van der Waals surface area contributed by atoms with E-state index in [2.05, 4.69) is 10.3 Å². The number of hydrogen-bond acceptors (Lipinski definition) is 3. The summed E-state index contributed by atoms with van der Waals surface area (Å²) in [7, 11) is 0. The smallest absolute Gasteiger partial charge is 0.229 e. The third-order valence-electron chi connectivity index (χ3n) is 2.47. The summed E-state index contributed by atoms with van der Waals surface area (Å²) in [4.78, 5) is 15.9. The Morgan fingerprint density at radius 3 is 2.93 bits per heavy atom. The quantitative estimate of drug-likeness (QED) is 0.842. The Hall–Kier alpha value is -1.42. The number of nitrogens with zero attached hydrogens (tertiary/aromatic N) is 1. The van der Waals surface area contributed by atoms with E-state index in [-0.39, 0.29) is 11.8 Å². The van der Waals surface area contributed by atoms with Crippen LogP contribution in [0.2, 0.25) is 0 Å². The lowest BCUT2D eigenvalue weighted by Crippen LogP contribution is -2.12. The van der Waals surface area contributed by atoms with Crippen LogP contribution in [0.3, 0.4) is 0 Å². The average molecular weight is 218 g/mol. The van der Waals surface area contributed by atoms with E-state index in [9.17, 15) is 4.79 Å². The van der Waals surface area contributed by atoms with Crippen molar-refractivity contribution < 1.29 is 4.79 Å². The number of nitrogens with one attached hydrogen (secondary N) is 1. The van der Waals surface area contributed by atoms with Crippen LogP contribution in [0.4, 0.5) is 5.13 Å². The van der Waals surface area contributed by atoms with E-state index in [1.54, 1.807) is 0 Å². The van der Waals surface area contributed by atoms with Crippen LogP contribution in [0.15, 0.2) is 24.3 Å². The van der Waals surface area contributed by atoms with Gasteiger partial charge in [0, 0.05) is 5.92 Å². The van der Waals surface area contributed by atoms with E-state index in [0.717, 1.165) is 23.1 Å². The minimum absolute atomic E-state index is 0.119. The Labute approximate surface area is 91.1 Å². The Balaban J connectivity index is 1.87. The lowest BCUT2D eigenvalue weighted by atomic mass is 10.3. The fourth-order valence-corrected chi connectivity index (χ4v) is 2.35. The molecule has 1 fully saturated rings. The monoisotopic (exact) mass is 218 g/mol. The Kier molecular flexibility index (Phi) is 1.95. The van der Waals surface area contributed by atoms with Crippen molar-refractivity contribution in [1.29, 1.82) is 0 Å². The van der Waals surface area contributed by atoms with Gasteiger partial charge >= 0.3 is 0 Å². The first-order valence-electron chi connectivity index (χ1n) is 4.99. The number of aromatic nitrogens is 1. The molecule has 1 saturated carbocycles. The molecular formula is C11H10N2OS. The van der Waals surface area contributed by atoms with E-state index in [0.29, 0.717) is 5.13 Å². The van der Waals surface area contributed by atoms with Crippen molar-refractivity contribution in [2.75, 3.05) is 5.32 Å². The molecule has 2 aromatic rings. The molecule has 0 unspecified atom stereocenters. The van der Waals surface area contributed by atoms with Gasteiger partial charge in [-0.05, 0) is 25.0 Å². The largest absolute Gasteiger partial charge is 0.302 e. The van der Waals surface area contributed by atoms with Crippen LogP contribution in [0.5, 0.6) is 0 Å². The van der Waals surface area contributed by atoms with Crippen LogP contribution >= 0.6 is 11.3 Å². The van der Waals surface area contributed by atoms with Crippen molar-refractivity contribution in [2.24, 2.45) is 5.92 Å². The molecule has 1 heterocycles. The minimum Gasteiger partial charge on any atom is -0.302 e. The average Bonchev–Trinajstić information content (AvgIpc) is 2.99. The fourth-order valence-electron chi connectivity index (χ4n) is 1.48. The van der Waals surface area contributed by atoms with Gasteiger partial charge in [0.15, 0.2) is 5.13 Å². The lowest BCUT2D eigenvalue weighted by molar-refractivity contribution is -0.117. The highest BCUT2D eigenvalue weighted by molar-refractivity contribution is 7.22. The van der Waals surface area contributed by atoms with E-state index < -0.39 is 0 Å². The first-order valence-corrected chi connectivity index (χ1v) is 5.81. The van der Waals surface area contributed by atoms with Crippen molar-refractivity contribution in [3.63, 3.8) is 0 Å². The second kappa shape index (κ2) is 3.31. The number of fused-ring (bicyclic) bond motifs is 1. The van der Waals surface area contributed by atoms with Gasteiger partial charge < -0.3 is 5.32 Å². The van der Waals surface area contributed by atoms with Crippen LogP contribution in [0.1, 0.15) is 12.8 Å². The predicted molar refractivity (Wildman–Crippen MR) is 61.0 cm³/mol. The number of para-hydroxylation sites is 1. The van der Waals surface area contributed by atoms with Crippen LogP contribution in [-0.4, -0.2) is 10.9 Å². The molecule has 4 heteroatoms. The number of rotatable bonds is 2. The van der Waals surface area contributed by atoms with Crippen molar-refractivity contribution in [3.05, 3.63) is 24.3 Å². The number of amides is 1. The summed E-state index contributed by atoms with van der Waals surface area (Å²) >= 11 is 1.53. The Bertz CT molecular complexity index is 483. The molecule has 1 aromatic heterocycles. The summed E-state index contributed by atoms with van der Waals surface area (Å²) in [6.45, 7) is 0. The number of carbonyl (C=O) groups is 1. The van der Waals surface area contributed by atoms with Gasteiger partial charge in [-0.25, -0.2) is 4.98 Å². The highest BCUT2D eigenvalue weighted by Crippen LogP contribution is 2.32. The van der Waals surface area contributed by atoms with Gasteiger partial charge in [0.2, 0.25) is 5.91 Å². The maximum atomic E-state index is 11.5. The van der Waals surface area contributed by atoms with E-state index in [1.165, 1.54) is 11.3 Å². The molecule has 1 aliphatic rings. The van der Waals surface area contributed by atoms with Gasteiger partial charge in [-0.15, -0.1) is 0 Å². The number of carbonyl (C=O) groups excluding carboxylic acids is 1. The van der Waals surface area contributed by atoms with Gasteiger partial charge in [0.25, 0.3) is 0 Å². The number of hydrogen-bond donors (Lipinski definition) is 1. The van der Waals surface area contributed by atoms with Crippen LogP contribution < -0.4 is 5.32 Å². The maximum absolute atomic E-state index is 11.5. The van der Waals surface area contributed by atoms with E-state index in [4.69, 9.17) is 0 Å². The van der Waals surface area contributed by atoms with Crippen LogP contribution in [0, 0.1) is 5.92 Å². The summed E-state index contributed by atoms with van der Waals surface area (Å²) in [5.41, 5.74) is 0.952. The third-order valence-corrected chi connectivity index (χ3v) is 3.42. The first-order chi connectivity index (χ1) is 7.33. The molecule has 1 N–H and O–H groups in total. The molecule has 3 rings (SSSR count). The molecule has 0 bridgehead atoms. The molecule has 0 saturated heterocycles. The van der Waals surface area contributed by atoms with Crippen LogP contribution in [0.25, 0.3) is 10.2 Å². The van der Waals surface area contributed by atoms with Gasteiger partial charge in [-0.1, -0.05) is 23.5 Å². The van der Waals surface area contributed by atoms with Gasteiger partial charge in [-0.2, -0.15) is 0 Å². The Morgan fingerprint density at radius 1 is 1.40 bits per heavy atom. The topological polar surface area (TPSA) is 42.0 Å². The molecule has 0 spiro atoms. The van der Waals surface area contributed by atoms with Crippen molar-refractivity contribution in [1.82, 2.24) is 4.98 Å². The molecule has 1 aromatic carbocycles. The summed E-state index contributed by atoms with van der Waals surface area (Å²) in [5.74, 6) is 0.353. The highest BCUT2D eigenvalue weighted by atomic mass is 32.1. The van der Waals surface area contributed by atoms with Crippen molar-refractivity contribution in [3.8, 4) is 0 Å². The lowest BCUT2D eigenvalue weighted by Gasteiger charge is -1.96.